The topological polar surface area (TPSA) is 119 Å². The molecule has 8 nitrogen and oxygen atoms in total. The van der Waals surface area contributed by atoms with Crippen molar-refractivity contribution >= 4 is 23.6 Å². The van der Waals surface area contributed by atoms with Crippen molar-refractivity contribution in [2.75, 3.05) is 7.11 Å². The van der Waals surface area contributed by atoms with E-state index in [9.17, 15) is 24.3 Å². The van der Waals surface area contributed by atoms with Crippen molar-refractivity contribution in [3.05, 3.63) is 48.1 Å². The molecule has 1 saturated heterocycles. The number of piperidine rings is 1. The molecule has 2 rings (SSSR count). The molecule has 2 aliphatic rings. The number of carbonyl (C=O) groups excluding carboxylic acids is 4. The molecule has 0 aromatic heterocycles. The molecule has 8 heteroatoms. The molecule has 2 aliphatic heterocycles. The van der Waals surface area contributed by atoms with Gasteiger partial charge in [0.15, 0.2) is 5.78 Å². The molecule has 0 aromatic carbocycles. The third-order valence-electron chi connectivity index (χ3n) is 6.34. The Bertz CT molecular complexity index is 885. The van der Waals surface area contributed by atoms with Gasteiger partial charge in [-0.2, -0.15) is 0 Å². The van der Waals surface area contributed by atoms with E-state index in [-0.39, 0.29) is 36.4 Å². The van der Waals surface area contributed by atoms with Gasteiger partial charge in [-0.15, -0.1) is 0 Å². The van der Waals surface area contributed by atoms with Gasteiger partial charge in [-0.25, -0.2) is 4.79 Å². The number of cyclic esters (lactones) is 1. The van der Waals surface area contributed by atoms with E-state index < -0.39 is 36.1 Å². The maximum Gasteiger partial charge on any atom is 0.331 e. The van der Waals surface area contributed by atoms with Crippen molar-refractivity contribution in [1.29, 1.82) is 0 Å². The van der Waals surface area contributed by atoms with E-state index in [0.29, 0.717) is 24.8 Å². The average Bonchev–Trinajstić information content (AvgIpc) is 2.79. The summed E-state index contributed by atoms with van der Waals surface area (Å²) < 4.78 is 11.1. The predicted octanol–water partition coefficient (Wildman–Crippen LogP) is 2.97. The number of aliphatic hydroxyl groups excluding tert-OH is 1. The van der Waals surface area contributed by atoms with E-state index in [2.05, 4.69) is 5.32 Å². The fourth-order valence-corrected chi connectivity index (χ4v) is 4.31. The molecule has 5 atom stereocenters. The lowest BCUT2D eigenvalue weighted by atomic mass is 9.87. The van der Waals surface area contributed by atoms with Gasteiger partial charge in [-0.1, -0.05) is 44.2 Å². The summed E-state index contributed by atoms with van der Waals surface area (Å²) in [5.74, 6) is -2.34. The second-order valence-electron chi connectivity index (χ2n) is 9.30. The minimum absolute atomic E-state index is 0.110. The predicted molar refractivity (Wildman–Crippen MR) is 131 cm³/mol. The smallest absolute Gasteiger partial charge is 0.331 e. The number of esters is 1. The van der Waals surface area contributed by atoms with Gasteiger partial charge in [0.05, 0.1) is 6.10 Å². The van der Waals surface area contributed by atoms with Crippen molar-refractivity contribution in [2.24, 2.45) is 17.8 Å². The normalized spacial score (nSPS) is 30.1. The maximum atomic E-state index is 12.7. The molecule has 0 spiro atoms. The van der Waals surface area contributed by atoms with Crippen LogP contribution in [0.1, 0.15) is 52.9 Å². The number of hydrogen-bond donors (Lipinski definition) is 2. The molecular formula is C27H37NO7. The second kappa shape index (κ2) is 13.9. The number of allylic oxidation sites excluding steroid dienone is 5. The number of rotatable bonds is 7. The Morgan fingerprint density at radius 3 is 2.54 bits per heavy atom. The Balaban J connectivity index is 2.12. The largest absolute Gasteiger partial charge is 0.454 e. The van der Waals surface area contributed by atoms with Crippen LogP contribution in [0.15, 0.2) is 48.1 Å². The number of hydrogen-bond acceptors (Lipinski definition) is 7. The quantitative estimate of drug-likeness (QED) is 0.245. The number of imide groups is 1. The zero-order valence-corrected chi connectivity index (χ0v) is 20.9. The van der Waals surface area contributed by atoms with Crippen molar-refractivity contribution < 1.29 is 33.8 Å². The summed E-state index contributed by atoms with van der Waals surface area (Å²) >= 11 is 0. The van der Waals surface area contributed by atoms with Crippen LogP contribution >= 0.6 is 0 Å². The van der Waals surface area contributed by atoms with E-state index in [1.165, 1.54) is 19.3 Å². The zero-order chi connectivity index (χ0) is 26.0. The van der Waals surface area contributed by atoms with E-state index in [1.54, 1.807) is 39.0 Å². The van der Waals surface area contributed by atoms with Crippen molar-refractivity contribution in [3.63, 3.8) is 0 Å². The van der Waals surface area contributed by atoms with Crippen LogP contribution in [0, 0.1) is 17.8 Å². The van der Waals surface area contributed by atoms with E-state index in [4.69, 9.17) is 9.47 Å². The number of carbonyl (C=O) groups is 4. The van der Waals surface area contributed by atoms with Crippen LogP contribution in [0.2, 0.25) is 0 Å². The summed E-state index contributed by atoms with van der Waals surface area (Å²) in [7, 11) is 1.52. The van der Waals surface area contributed by atoms with Gasteiger partial charge in [0.2, 0.25) is 11.8 Å². The Morgan fingerprint density at radius 1 is 1.23 bits per heavy atom. The number of nitrogens with one attached hydrogen (secondary N) is 1. The Hall–Kier alpha value is -2.84. The standard InChI is InChI=1S/C27H37NO7/c1-17(21(29)11-9-10-20-15-23(30)28-24(31)16-20)14-18(2)27-19(3)26(33)22(34-4)12-7-5-6-8-13-25(32)35-27/h7-9,11-14,17,19-20,22,26-27,33H,5-6,10,15-16H2,1-4H3,(H,28,30,31)/b11-9+,12-7+,13-8+,18-14+/t17-,19-,22-,26-,27-/m0/s1. The van der Waals surface area contributed by atoms with Gasteiger partial charge >= 0.3 is 5.97 Å². The maximum absolute atomic E-state index is 12.7. The summed E-state index contributed by atoms with van der Waals surface area (Å²) in [4.78, 5) is 48.0. The van der Waals surface area contributed by atoms with Crippen molar-refractivity contribution in [1.82, 2.24) is 5.32 Å². The number of amides is 2. The highest BCUT2D eigenvalue weighted by atomic mass is 16.5. The first-order valence-corrected chi connectivity index (χ1v) is 12.1. The van der Waals surface area contributed by atoms with Crippen LogP contribution < -0.4 is 5.32 Å². The van der Waals surface area contributed by atoms with Crippen LogP contribution in [0.3, 0.4) is 0 Å². The molecule has 0 unspecified atom stereocenters. The molecule has 0 saturated carbocycles. The van der Waals surface area contributed by atoms with Crippen LogP contribution in [0.4, 0.5) is 0 Å². The summed E-state index contributed by atoms with van der Waals surface area (Å²) in [5, 5.41) is 13.2. The third-order valence-corrected chi connectivity index (χ3v) is 6.34. The summed E-state index contributed by atoms with van der Waals surface area (Å²) in [6, 6.07) is 0. The van der Waals surface area contributed by atoms with Crippen LogP contribution in [0.25, 0.3) is 0 Å². The summed E-state index contributed by atoms with van der Waals surface area (Å²) in [6.07, 6.45) is 11.9. The first kappa shape index (κ1) is 28.4. The van der Waals surface area contributed by atoms with Gasteiger partial charge in [0.25, 0.3) is 0 Å². The highest BCUT2D eigenvalue weighted by molar-refractivity contribution is 5.97. The third kappa shape index (κ3) is 9.03. The number of methoxy groups -OCH3 is 1. The minimum Gasteiger partial charge on any atom is -0.454 e. The Kier molecular flexibility index (Phi) is 11.3. The molecule has 192 valence electrons. The number of aliphatic hydroxyl groups is 1. The zero-order valence-electron chi connectivity index (χ0n) is 20.9. The lowest BCUT2D eigenvalue weighted by Gasteiger charge is -2.31. The lowest BCUT2D eigenvalue weighted by Crippen LogP contribution is -2.41. The lowest BCUT2D eigenvalue weighted by molar-refractivity contribution is -0.147. The monoisotopic (exact) mass is 487 g/mol. The second-order valence-corrected chi connectivity index (χ2v) is 9.30. The summed E-state index contributed by atoms with van der Waals surface area (Å²) in [6.45, 7) is 5.30. The van der Waals surface area contributed by atoms with Crippen LogP contribution in [-0.4, -0.2) is 54.1 Å². The fraction of sp³-hybridized carbons (Fsp3) is 0.556. The molecule has 0 aliphatic carbocycles. The van der Waals surface area contributed by atoms with Gasteiger partial charge in [0.1, 0.15) is 12.2 Å². The fourth-order valence-electron chi connectivity index (χ4n) is 4.31. The average molecular weight is 488 g/mol. The summed E-state index contributed by atoms with van der Waals surface area (Å²) in [5.41, 5.74) is 0.651. The van der Waals surface area contributed by atoms with Gasteiger partial charge in [-0.05, 0) is 43.8 Å². The first-order chi connectivity index (χ1) is 16.6. The van der Waals surface area contributed by atoms with Crippen LogP contribution in [-0.2, 0) is 28.7 Å². The molecule has 0 radical (unpaired) electrons. The van der Waals surface area contributed by atoms with Gasteiger partial charge in [0, 0.05) is 37.9 Å². The molecule has 2 N–H and O–H groups in total. The highest BCUT2D eigenvalue weighted by Crippen LogP contribution is 2.25. The number of ether oxygens (including phenoxy) is 2. The van der Waals surface area contributed by atoms with Crippen molar-refractivity contribution in [3.8, 4) is 0 Å². The van der Waals surface area contributed by atoms with Crippen molar-refractivity contribution in [2.45, 2.75) is 71.2 Å². The first-order valence-electron chi connectivity index (χ1n) is 12.1. The molecule has 2 heterocycles. The highest BCUT2D eigenvalue weighted by Gasteiger charge is 2.33. The van der Waals surface area contributed by atoms with E-state index in [1.807, 2.05) is 12.2 Å². The molecule has 2 amide bonds. The molecule has 0 aromatic rings. The Labute approximate surface area is 207 Å². The molecular weight excluding hydrogens is 450 g/mol. The van der Waals surface area contributed by atoms with Gasteiger partial charge in [-0.3, -0.25) is 19.7 Å². The number of ketones is 1. The van der Waals surface area contributed by atoms with Gasteiger partial charge < -0.3 is 14.6 Å². The molecule has 1 fully saturated rings. The molecule has 35 heavy (non-hydrogen) atoms. The molecule has 0 bridgehead atoms. The SMILES string of the molecule is CO[C@H]1/C=C/CC/C=C/C(=O)O[C@@H](/C(C)=C/[C@H](C)C(=O)/C=C/CC2CC(=O)NC(=O)C2)[C@@H](C)[C@@H]1O. The van der Waals surface area contributed by atoms with E-state index in [0.717, 1.165) is 0 Å². The minimum atomic E-state index is -0.929. The van der Waals surface area contributed by atoms with E-state index >= 15 is 0 Å². The van der Waals surface area contributed by atoms with Crippen LogP contribution in [0.5, 0.6) is 0 Å². The Morgan fingerprint density at radius 2 is 1.89 bits per heavy atom.